The van der Waals surface area contributed by atoms with Crippen molar-refractivity contribution in [2.24, 2.45) is 0 Å². The quantitative estimate of drug-likeness (QED) is 0.356. The van der Waals surface area contributed by atoms with Gasteiger partial charge in [0.15, 0.2) is 0 Å². The lowest BCUT2D eigenvalue weighted by Crippen LogP contribution is -2.41. The van der Waals surface area contributed by atoms with Gasteiger partial charge < -0.3 is 16.0 Å². The van der Waals surface area contributed by atoms with Crippen LogP contribution in [0.25, 0.3) is 16.0 Å². The standard InChI is InChI=1S/C29H34N8OS/c1-18-16-39-25-13-23(19(2)34-28-24(14-30)27(31)32-17-33-28)26(29(38)37(18)25)21-7-5-6-20(12-21)15-36-10-8-22(9-11-36)35(3)4/h5-7,12-13,16-17,19,22H,8-11,15H2,1-4H3,(H3,31,32,33,34)/t19-/m0/s1. The van der Waals surface area contributed by atoms with E-state index in [4.69, 9.17) is 5.73 Å². The fourth-order valence-corrected chi connectivity index (χ4v) is 6.36. The minimum absolute atomic E-state index is 0.0541. The van der Waals surface area contributed by atoms with Crippen LogP contribution in [0.5, 0.6) is 0 Å². The van der Waals surface area contributed by atoms with E-state index in [9.17, 15) is 10.1 Å². The Labute approximate surface area is 232 Å². The molecule has 0 saturated carbocycles. The van der Waals surface area contributed by atoms with Crippen LogP contribution in [0.3, 0.4) is 0 Å². The lowest BCUT2D eigenvalue weighted by Gasteiger charge is -2.35. The third-order valence-corrected chi connectivity index (χ3v) is 8.63. The van der Waals surface area contributed by atoms with Crippen LogP contribution in [-0.4, -0.2) is 57.4 Å². The second-order valence-electron chi connectivity index (χ2n) is 10.5. The number of hydrogen-bond acceptors (Lipinski definition) is 9. The number of likely N-dealkylation sites (tertiary alicyclic amines) is 1. The zero-order valence-electron chi connectivity index (χ0n) is 22.8. The number of nitrogen functional groups attached to an aromatic ring is 1. The summed E-state index contributed by atoms with van der Waals surface area (Å²) in [5.74, 6) is 0.468. The summed E-state index contributed by atoms with van der Waals surface area (Å²) in [4.78, 5) is 27.9. The van der Waals surface area contributed by atoms with Crippen LogP contribution in [0.4, 0.5) is 11.6 Å². The first-order valence-electron chi connectivity index (χ1n) is 13.2. The highest BCUT2D eigenvalue weighted by molar-refractivity contribution is 7.15. The summed E-state index contributed by atoms with van der Waals surface area (Å²) < 4.78 is 1.78. The van der Waals surface area contributed by atoms with Gasteiger partial charge in [-0.2, -0.15) is 5.26 Å². The summed E-state index contributed by atoms with van der Waals surface area (Å²) in [5, 5.41) is 14.9. The molecule has 1 aromatic carbocycles. The van der Waals surface area contributed by atoms with E-state index in [1.807, 2.05) is 31.4 Å². The second-order valence-corrected chi connectivity index (χ2v) is 11.4. The molecule has 1 aliphatic heterocycles. The number of nitriles is 1. The predicted molar refractivity (Wildman–Crippen MR) is 157 cm³/mol. The third kappa shape index (κ3) is 5.39. The Morgan fingerprint density at radius 2 is 2.03 bits per heavy atom. The largest absolute Gasteiger partial charge is 0.382 e. The van der Waals surface area contributed by atoms with Gasteiger partial charge in [-0.15, -0.1) is 11.3 Å². The lowest BCUT2D eigenvalue weighted by atomic mass is 9.95. The highest BCUT2D eigenvalue weighted by Crippen LogP contribution is 2.32. The van der Waals surface area contributed by atoms with Gasteiger partial charge >= 0.3 is 0 Å². The molecule has 202 valence electrons. The van der Waals surface area contributed by atoms with Crippen LogP contribution in [0.1, 0.15) is 48.2 Å². The first kappa shape index (κ1) is 26.8. The van der Waals surface area contributed by atoms with Crippen molar-refractivity contribution in [3.63, 3.8) is 0 Å². The third-order valence-electron chi connectivity index (χ3n) is 7.63. The number of aryl methyl sites for hydroxylation is 1. The smallest absolute Gasteiger partial charge is 0.264 e. The van der Waals surface area contributed by atoms with Crippen molar-refractivity contribution in [1.29, 1.82) is 5.26 Å². The number of rotatable bonds is 7. The zero-order chi connectivity index (χ0) is 27.7. The lowest BCUT2D eigenvalue weighted by molar-refractivity contribution is 0.140. The van der Waals surface area contributed by atoms with Crippen molar-refractivity contribution < 1.29 is 0 Å². The number of anilines is 2. The number of nitrogens with two attached hydrogens (primary N) is 1. The molecule has 39 heavy (non-hydrogen) atoms. The van der Waals surface area contributed by atoms with Gasteiger partial charge in [-0.3, -0.25) is 14.1 Å². The van der Waals surface area contributed by atoms with Gasteiger partial charge in [0.05, 0.1) is 11.6 Å². The number of piperidine rings is 1. The fraction of sp³-hybridized carbons (Fsp3) is 0.379. The number of aromatic nitrogens is 3. The van der Waals surface area contributed by atoms with Gasteiger partial charge in [0.1, 0.15) is 34.4 Å². The topological polar surface area (TPSA) is 116 Å². The van der Waals surface area contributed by atoms with E-state index < -0.39 is 0 Å². The Morgan fingerprint density at radius 1 is 1.26 bits per heavy atom. The van der Waals surface area contributed by atoms with Crippen LogP contribution in [0, 0.1) is 18.3 Å². The molecule has 0 radical (unpaired) electrons. The molecule has 4 heterocycles. The first-order valence-corrected chi connectivity index (χ1v) is 14.0. The molecule has 0 bridgehead atoms. The average Bonchev–Trinajstić information content (AvgIpc) is 3.30. The molecule has 10 heteroatoms. The molecule has 1 aliphatic rings. The Morgan fingerprint density at radius 3 is 2.74 bits per heavy atom. The Hall–Kier alpha value is -3.78. The number of thiazole rings is 1. The molecule has 1 atom stereocenters. The van der Waals surface area contributed by atoms with Gasteiger partial charge in [-0.25, -0.2) is 9.97 Å². The van der Waals surface area contributed by atoms with Crippen LogP contribution in [0.15, 0.2) is 46.8 Å². The van der Waals surface area contributed by atoms with Crippen molar-refractivity contribution >= 4 is 27.8 Å². The number of nitrogens with zero attached hydrogens (tertiary/aromatic N) is 6. The van der Waals surface area contributed by atoms with Gasteiger partial charge in [-0.05, 0) is 82.7 Å². The van der Waals surface area contributed by atoms with Crippen molar-refractivity contribution in [3.05, 3.63) is 74.8 Å². The van der Waals surface area contributed by atoms with Gasteiger partial charge in [0.2, 0.25) is 0 Å². The molecular weight excluding hydrogens is 508 g/mol. The molecule has 0 aliphatic carbocycles. The van der Waals surface area contributed by atoms with E-state index in [0.29, 0.717) is 17.4 Å². The van der Waals surface area contributed by atoms with E-state index in [1.165, 1.54) is 23.2 Å². The molecule has 4 aromatic rings. The summed E-state index contributed by atoms with van der Waals surface area (Å²) in [7, 11) is 4.31. The van der Waals surface area contributed by atoms with Crippen molar-refractivity contribution in [2.75, 3.05) is 38.2 Å². The molecule has 5 rings (SSSR count). The average molecular weight is 543 g/mol. The van der Waals surface area contributed by atoms with E-state index >= 15 is 0 Å². The van der Waals surface area contributed by atoms with Gasteiger partial charge in [0.25, 0.3) is 5.56 Å². The molecule has 1 saturated heterocycles. The summed E-state index contributed by atoms with van der Waals surface area (Å²) in [6, 6.07) is 12.8. The maximum Gasteiger partial charge on any atom is 0.264 e. The van der Waals surface area contributed by atoms with Crippen molar-refractivity contribution in [2.45, 2.75) is 45.3 Å². The van der Waals surface area contributed by atoms with E-state index in [2.05, 4.69) is 63.4 Å². The minimum atomic E-state index is -0.324. The Balaban J connectivity index is 1.52. The zero-order valence-corrected chi connectivity index (χ0v) is 23.6. The summed E-state index contributed by atoms with van der Waals surface area (Å²) in [6.07, 6.45) is 3.65. The molecule has 1 fully saturated rings. The summed E-state index contributed by atoms with van der Waals surface area (Å²) in [6.45, 7) is 6.89. The van der Waals surface area contributed by atoms with Crippen LogP contribution in [0.2, 0.25) is 0 Å². The molecule has 3 N–H and O–H groups in total. The number of benzene rings is 1. The predicted octanol–water partition coefficient (Wildman–Crippen LogP) is 4.28. The highest BCUT2D eigenvalue weighted by Gasteiger charge is 2.23. The van der Waals surface area contributed by atoms with Crippen molar-refractivity contribution in [1.82, 2.24) is 24.2 Å². The van der Waals surface area contributed by atoms with Crippen LogP contribution >= 0.6 is 11.3 Å². The fourth-order valence-electron chi connectivity index (χ4n) is 5.43. The maximum atomic E-state index is 14.0. The molecule has 0 spiro atoms. The molecule has 0 amide bonds. The van der Waals surface area contributed by atoms with Crippen molar-refractivity contribution in [3.8, 4) is 17.2 Å². The van der Waals surface area contributed by atoms with E-state index in [-0.39, 0.29) is 23.0 Å². The molecule has 9 nitrogen and oxygen atoms in total. The van der Waals surface area contributed by atoms with Crippen LogP contribution in [-0.2, 0) is 6.54 Å². The SMILES string of the molecule is Cc1csc2cc([C@H](C)Nc3ncnc(N)c3C#N)c(-c3cccc(CN4CCC(N(C)C)CC4)c3)c(=O)n12. The monoisotopic (exact) mass is 542 g/mol. The summed E-state index contributed by atoms with van der Waals surface area (Å²) in [5.41, 5.74) is 10.5. The minimum Gasteiger partial charge on any atom is -0.382 e. The molecule has 3 aromatic heterocycles. The normalized spacial score (nSPS) is 15.5. The van der Waals surface area contributed by atoms with Crippen LogP contribution < -0.4 is 16.6 Å². The first-order chi connectivity index (χ1) is 18.8. The molecular formula is C29H34N8OS. The van der Waals surface area contributed by atoms with Gasteiger partial charge in [-0.1, -0.05) is 18.2 Å². The van der Waals surface area contributed by atoms with E-state index in [0.717, 1.165) is 54.1 Å². The maximum absolute atomic E-state index is 14.0. The molecule has 0 unspecified atom stereocenters. The number of nitrogens with one attached hydrogen (secondary N) is 1. The highest BCUT2D eigenvalue weighted by atomic mass is 32.1. The Kier molecular flexibility index (Phi) is 7.66. The number of fused-ring (bicyclic) bond motifs is 1. The Bertz CT molecular complexity index is 1590. The second kappa shape index (κ2) is 11.1. The summed E-state index contributed by atoms with van der Waals surface area (Å²) >= 11 is 1.54. The van der Waals surface area contributed by atoms with E-state index in [1.54, 1.807) is 4.40 Å². The number of pyridine rings is 1. The number of hydrogen-bond donors (Lipinski definition) is 2. The van der Waals surface area contributed by atoms with Gasteiger partial charge in [0, 0.05) is 23.7 Å².